The molecule has 1 aromatic rings. The number of halogens is 1. The molecule has 2 saturated carbocycles. The third-order valence-electron chi connectivity index (χ3n) is 7.32. The summed E-state index contributed by atoms with van der Waals surface area (Å²) >= 11 is 6.27. The molecule has 1 amide bonds. The summed E-state index contributed by atoms with van der Waals surface area (Å²) < 4.78 is 40.5. The maximum absolute atomic E-state index is 13.2. The van der Waals surface area contributed by atoms with Gasteiger partial charge in [-0.25, -0.2) is 13.1 Å². The molecule has 3 aliphatic heterocycles. The Kier molecular flexibility index (Phi) is 6.40. The van der Waals surface area contributed by atoms with Crippen molar-refractivity contribution in [3.63, 3.8) is 0 Å². The number of ether oxygens (including phenoxy) is 2. The third kappa shape index (κ3) is 4.79. The van der Waals surface area contributed by atoms with Crippen LogP contribution in [0.5, 0.6) is 5.75 Å². The molecule has 1 N–H and O–H groups in total. The summed E-state index contributed by atoms with van der Waals surface area (Å²) in [6.07, 6.45) is 6.80. The topological polar surface area (TPSA) is 84.9 Å². The van der Waals surface area contributed by atoms with Crippen molar-refractivity contribution in [3.8, 4) is 5.75 Å². The molecule has 3 heterocycles. The number of carbonyl (C=O) groups is 1. The fraction of sp³-hybridized carbons (Fsp3) is 0.696. The molecule has 2 aliphatic carbocycles. The van der Waals surface area contributed by atoms with Crippen LogP contribution >= 0.6 is 11.6 Å². The Morgan fingerprint density at radius 3 is 2.59 bits per heavy atom. The summed E-state index contributed by atoms with van der Waals surface area (Å²) in [7, 11) is -3.35. The number of fused-ring (bicyclic) bond motifs is 5. The average Bonchev–Trinajstić information content (AvgIpc) is 3.63. The smallest absolute Gasteiger partial charge is 0.260 e. The van der Waals surface area contributed by atoms with Crippen molar-refractivity contribution in [2.24, 2.45) is 0 Å². The number of hydrogen-bond acceptors (Lipinski definition) is 5. The van der Waals surface area contributed by atoms with E-state index in [9.17, 15) is 13.2 Å². The maximum Gasteiger partial charge on any atom is 0.260 e. The molecule has 0 aromatic heterocycles. The number of nitrogens with zero attached hydrogens (tertiary/aromatic N) is 1. The Balaban J connectivity index is 1.41. The largest absolute Gasteiger partial charge is 0.483 e. The van der Waals surface area contributed by atoms with E-state index in [1.807, 2.05) is 12.1 Å². The second kappa shape index (κ2) is 9.12. The molecule has 2 atom stereocenters. The molecule has 1 saturated heterocycles. The number of hydrogen-bond donors (Lipinski definition) is 1. The molecule has 9 heteroatoms. The van der Waals surface area contributed by atoms with Gasteiger partial charge in [-0.1, -0.05) is 11.6 Å². The van der Waals surface area contributed by atoms with Crippen LogP contribution in [-0.2, 0) is 19.6 Å². The van der Waals surface area contributed by atoms with Gasteiger partial charge in [0.25, 0.3) is 5.91 Å². The number of benzene rings is 1. The van der Waals surface area contributed by atoms with Crippen LogP contribution in [0.25, 0.3) is 0 Å². The zero-order chi connectivity index (χ0) is 22.3. The first-order chi connectivity index (χ1) is 15.4. The summed E-state index contributed by atoms with van der Waals surface area (Å²) in [6.45, 7) is 0.847. The number of nitrogens with one attached hydrogen (secondary N) is 1. The fourth-order valence-electron chi connectivity index (χ4n) is 5.36. The zero-order valence-electron chi connectivity index (χ0n) is 18.2. The second-order valence-electron chi connectivity index (χ2n) is 9.54. The van der Waals surface area contributed by atoms with Crippen LogP contribution in [0.2, 0.25) is 5.02 Å². The van der Waals surface area contributed by atoms with E-state index in [0.29, 0.717) is 49.1 Å². The van der Waals surface area contributed by atoms with E-state index < -0.39 is 10.0 Å². The fourth-order valence-corrected chi connectivity index (χ4v) is 7.19. The second-order valence-corrected chi connectivity index (χ2v) is 12.0. The third-order valence-corrected chi connectivity index (χ3v) is 9.53. The maximum atomic E-state index is 13.2. The van der Waals surface area contributed by atoms with Gasteiger partial charge in [-0.15, -0.1) is 0 Å². The van der Waals surface area contributed by atoms with Gasteiger partial charge in [0.1, 0.15) is 5.75 Å². The van der Waals surface area contributed by atoms with Crippen molar-refractivity contribution in [2.75, 3.05) is 19.8 Å². The average molecular weight is 483 g/mol. The Bertz CT molecular complexity index is 959. The van der Waals surface area contributed by atoms with Gasteiger partial charge in [0.05, 0.1) is 24.0 Å². The highest BCUT2D eigenvalue weighted by Crippen LogP contribution is 2.40. The molecule has 3 fully saturated rings. The summed E-state index contributed by atoms with van der Waals surface area (Å²) in [4.78, 5) is 15.0. The van der Waals surface area contributed by atoms with Gasteiger partial charge in [-0.2, -0.15) is 0 Å². The van der Waals surface area contributed by atoms with E-state index in [1.54, 1.807) is 11.0 Å². The molecule has 32 heavy (non-hydrogen) atoms. The van der Waals surface area contributed by atoms with Crippen molar-refractivity contribution in [2.45, 2.75) is 80.7 Å². The summed E-state index contributed by atoms with van der Waals surface area (Å²) in [5, 5.41) is 0.384. The van der Waals surface area contributed by atoms with Gasteiger partial charge in [0.2, 0.25) is 10.0 Å². The highest BCUT2D eigenvalue weighted by atomic mass is 35.5. The van der Waals surface area contributed by atoms with Crippen LogP contribution in [0.1, 0.15) is 62.8 Å². The van der Waals surface area contributed by atoms with Crippen LogP contribution in [0.15, 0.2) is 18.2 Å². The lowest BCUT2D eigenvalue weighted by Crippen LogP contribution is -2.60. The number of rotatable bonds is 3. The molecule has 2 bridgehead atoms. The van der Waals surface area contributed by atoms with E-state index in [-0.39, 0.29) is 36.0 Å². The Morgan fingerprint density at radius 1 is 1.06 bits per heavy atom. The van der Waals surface area contributed by atoms with Crippen molar-refractivity contribution in [1.29, 1.82) is 0 Å². The first-order valence-corrected chi connectivity index (χ1v) is 13.7. The summed E-state index contributed by atoms with van der Waals surface area (Å²) in [5.74, 6) is 0.910. The predicted octanol–water partition coefficient (Wildman–Crippen LogP) is 3.22. The summed E-state index contributed by atoms with van der Waals surface area (Å²) in [5.41, 5.74) is 1.06. The standard InChI is InChI=1S/C23H31ClN2O5S/c24-16-5-10-22-19(12-16)15-3-6-17(7-4-15)30-13-21-20(25-32(28,29)18-8-9-18)2-1-11-26(21)23(27)14-31-22/h5,10,12,15,17-18,20-21,25H,1-4,6-9,11,13-14H2/t15?,17?,20?,21-/m0/s1. The summed E-state index contributed by atoms with van der Waals surface area (Å²) in [6, 6.07) is 4.96. The quantitative estimate of drug-likeness (QED) is 0.715. The van der Waals surface area contributed by atoms with E-state index in [1.165, 1.54) is 0 Å². The molecule has 5 aliphatic rings. The number of carbonyl (C=O) groups excluding carboxylic acids is 1. The molecule has 0 spiro atoms. The van der Waals surface area contributed by atoms with Gasteiger partial charge >= 0.3 is 0 Å². The van der Waals surface area contributed by atoms with Crippen molar-refractivity contribution >= 4 is 27.5 Å². The van der Waals surface area contributed by atoms with E-state index in [0.717, 1.165) is 37.7 Å². The minimum absolute atomic E-state index is 0.0800. The molecule has 1 unspecified atom stereocenters. The number of sulfonamides is 1. The van der Waals surface area contributed by atoms with Crippen LogP contribution in [-0.4, -0.2) is 62.4 Å². The van der Waals surface area contributed by atoms with Gasteiger partial charge in [-0.05, 0) is 81.0 Å². The van der Waals surface area contributed by atoms with Gasteiger partial charge in [0.15, 0.2) is 6.61 Å². The monoisotopic (exact) mass is 482 g/mol. The lowest BCUT2D eigenvalue weighted by molar-refractivity contribution is -0.140. The van der Waals surface area contributed by atoms with Crippen LogP contribution in [0, 0.1) is 0 Å². The van der Waals surface area contributed by atoms with Crippen molar-refractivity contribution < 1.29 is 22.7 Å². The van der Waals surface area contributed by atoms with E-state index in [2.05, 4.69) is 4.72 Å². The molecule has 176 valence electrons. The highest BCUT2D eigenvalue weighted by molar-refractivity contribution is 7.90. The predicted molar refractivity (Wildman–Crippen MR) is 121 cm³/mol. The highest BCUT2D eigenvalue weighted by Gasteiger charge is 2.42. The van der Waals surface area contributed by atoms with E-state index in [4.69, 9.17) is 21.1 Å². The molecular weight excluding hydrogens is 452 g/mol. The van der Waals surface area contributed by atoms with Crippen LogP contribution in [0.3, 0.4) is 0 Å². The normalized spacial score (nSPS) is 31.5. The first-order valence-electron chi connectivity index (χ1n) is 11.7. The Hall–Kier alpha value is -1.35. The van der Waals surface area contributed by atoms with Crippen LogP contribution < -0.4 is 9.46 Å². The minimum Gasteiger partial charge on any atom is -0.483 e. The SMILES string of the molecule is O=C1COc2ccc(Cl)cc2C2CCC(CC2)OC[C@H]2C(NS(=O)(=O)C3CC3)CCCN12. The first kappa shape index (κ1) is 22.4. The number of amides is 1. The number of piperidine rings is 1. The molecule has 1 aromatic carbocycles. The lowest BCUT2D eigenvalue weighted by Gasteiger charge is -2.42. The lowest BCUT2D eigenvalue weighted by atomic mass is 9.82. The molecule has 6 rings (SSSR count). The zero-order valence-corrected chi connectivity index (χ0v) is 19.7. The van der Waals surface area contributed by atoms with Crippen LogP contribution in [0.4, 0.5) is 0 Å². The van der Waals surface area contributed by atoms with E-state index >= 15 is 0 Å². The molecular formula is C23H31ClN2O5S. The Labute approximate surface area is 194 Å². The van der Waals surface area contributed by atoms with Gasteiger partial charge in [0, 0.05) is 17.6 Å². The molecule has 7 nitrogen and oxygen atoms in total. The van der Waals surface area contributed by atoms with Gasteiger partial charge in [-0.3, -0.25) is 4.79 Å². The Morgan fingerprint density at radius 2 is 1.84 bits per heavy atom. The van der Waals surface area contributed by atoms with Crippen molar-refractivity contribution in [3.05, 3.63) is 28.8 Å². The van der Waals surface area contributed by atoms with Crippen molar-refractivity contribution in [1.82, 2.24) is 9.62 Å². The van der Waals surface area contributed by atoms with Gasteiger partial charge < -0.3 is 14.4 Å². The minimum atomic E-state index is -3.35. The molecule has 0 radical (unpaired) electrons.